The van der Waals surface area contributed by atoms with Crippen molar-refractivity contribution >= 4 is 0 Å². The molecule has 0 aliphatic carbocycles. The van der Waals surface area contributed by atoms with Crippen molar-refractivity contribution in [1.82, 2.24) is 10.2 Å². The highest BCUT2D eigenvalue weighted by molar-refractivity contribution is 5.30. The number of ether oxygens (including phenoxy) is 1. The highest BCUT2D eigenvalue weighted by Gasteiger charge is 2.14. The maximum absolute atomic E-state index is 5.32. The van der Waals surface area contributed by atoms with E-state index in [1.165, 1.54) is 31.2 Å². The summed E-state index contributed by atoms with van der Waals surface area (Å²) in [5, 5.41) is 3.58. The predicted octanol–water partition coefficient (Wildman–Crippen LogP) is 3.47. The lowest BCUT2D eigenvalue weighted by Crippen LogP contribution is -2.31. The second-order valence-corrected chi connectivity index (χ2v) is 5.52. The van der Waals surface area contributed by atoms with E-state index >= 15 is 0 Å². The summed E-state index contributed by atoms with van der Waals surface area (Å²) in [6.07, 6.45) is 5.24. The van der Waals surface area contributed by atoms with Gasteiger partial charge in [0.05, 0.1) is 7.11 Å². The van der Waals surface area contributed by atoms with Crippen LogP contribution in [-0.4, -0.2) is 39.2 Å². The SMILES string of the molecule is CCCCCCNCC(c1cccc(OC)c1)N(C)C. The third-order valence-electron chi connectivity index (χ3n) is 3.65. The number of hydrogen-bond donors (Lipinski definition) is 1. The van der Waals surface area contributed by atoms with Crippen molar-refractivity contribution in [3.8, 4) is 5.75 Å². The van der Waals surface area contributed by atoms with Crippen molar-refractivity contribution in [3.05, 3.63) is 29.8 Å². The van der Waals surface area contributed by atoms with Crippen LogP contribution in [0, 0.1) is 0 Å². The number of likely N-dealkylation sites (N-methyl/N-ethyl adjacent to an activating group) is 1. The molecule has 0 saturated carbocycles. The fourth-order valence-electron chi connectivity index (χ4n) is 2.36. The summed E-state index contributed by atoms with van der Waals surface area (Å²) in [6.45, 7) is 4.33. The molecule has 1 rings (SSSR count). The second-order valence-electron chi connectivity index (χ2n) is 5.52. The van der Waals surface area contributed by atoms with Gasteiger partial charge in [0.25, 0.3) is 0 Å². The number of benzene rings is 1. The van der Waals surface area contributed by atoms with Crippen molar-refractivity contribution < 1.29 is 4.74 Å². The van der Waals surface area contributed by atoms with E-state index in [2.05, 4.69) is 49.4 Å². The summed E-state index contributed by atoms with van der Waals surface area (Å²) in [4.78, 5) is 2.26. The Labute approximate surface area is 124 Å². The molecule has 0 amide bonds. The lowest BCUT2D eigenvalue weighted by molar-refractivity contribution is 0.287. The van der Waals surface area contributed by atoms with E-state index in [9.17, 15) is 0 Å². The molecule has 0 fully saturated rings. The predicted molar refractivity (Wildman–Crippen MR) is 86.4 cm³/mol. The van der Waals surface area contributed by atoms with Gasteiger partial charge < -0.3 is 15.0 Å². The summed E-state index contributed by atoms with van der Waals surface area (Å²) >= 11 is 0. The minimum Gasteiger partial charge on any atom is -0.497 e. The quantitative estimate of drug-likeness (QED) is 0.663. The Balaban J connectivity index is 2.47. The van der Waals surface area contributed by atoms with Gasteiger partial charge in [0.1, 0.15) is 5.75 Å². The molecule has 3 nitrogen and oxygen atoms in total. The van der Waals surface area contributed by atoms with Gasteiger partial charge >= 0.3 is 0 Å². The summed E-state index contributed by atoms with van der Waals surface area (Å²) in [7, 11) is 5.97. The van der Waals surface area contributed by atoms with E-state index in [-0.39, 0.29) is 0 Å². The van der Waals surface area contributed by atoms with Crippen molar-refractivity contribution in [2.75, 3.05) is 34.3 Å². The maximum atomic E-state index is 5.32. The Morgan fingerprint density at radius 1 is 1.20 bits per heavy atom. The van der Waals surface area contributed by atoms with Crippen LogP contribution < -0.4 is 10.1 Å². The molecular formula is C17H30N2O. The number of rotatable bonds is 10. The van der Waals surface area contributed by atoms with Crippen LogP contribution in [0.5, 0.6) is 5.75 Å². The second kappa shape index (κ2) is 9.78. The van der Waals surface area contributed by atoms with Crippen LogP contribution in [-0.2, 0) is 0 Å². The Bertz CT molecular complexity index is 366. The number of methoxy groups -OCH3 is 1. The van der Waals surface area contributed by atoms with Gasteiger partial charge in [0.15, 0.2) is 0 Å². The molecule has 0 radical (unpaired) electrons. The van der Waals surface area contributed by atoms with Crippen LogP contribution >= 0.6 is 0 Å². The Morgan fingerprint density at radius 2 is 2.00 bits per heavy atom. The summed E-state index contributed by atoms with van der Waals surface area (Å²) in [5.74, 6) is 0.928. The van der Waals surface area contributed by atoms with Crippen LogP contribution in [0.4, 0.5) is 0 Å². The zero-order chi connectivity index (χ0) is 14.8. The average molecular weight is 278 g/mol. The molecule has 0 aromatic heterocycles. The van der Waals surface area contributed by atoms with Crippen LogP contribution in [0.2, 0.25) is 0 Å². The standard InChI is InChI=1S/C17H30N2O/c1-5-6-7-8-12-18-14-17(19(2)3)15-10-9-11-16(13-15)20-4/h9-11,13,17-18H,5-8,12,14H2,1-4H3. The molecule has 0 aliphatic heterocycles. The van der Waals surface area contributed by atoms with Crippen LogP contribution in [0.3, 0.4) is 0 Å². The molecule has 3 heteroatoms. The molecule has 0 saturated heterocycles. The molecule has 114 valence electrons. The Hall–Kier alpha value is -1.06. The number of nitrogens with one attached hydrogen (secondary N) is 1. The highest BCUT2D eigenvalue weighted by atomic mass is 16.5. The van der Waals surface area contributed by atoms with Crippen LogP contribution in [0.1, 0.15) is 44.2 Å². The topological polar surface area (TPSA) is 24.5 Å². The largest absolute Gasteiger partial charge is 0.497 e. The fraction of sp³-hybridized carbons (Fsp3) is 0.647. The van der Waals surface area contributed by atoms with Gasteiger partial charge in [-0.2, -0.15) is 0 Å². The number of unbranched alkanes of at least 4 members (excludes halogenated alkanes) is 3. The number of nitrogens with zero attached hydrogens (tertiary/aromatic N) is 1. The minimum atomic E-state index is 0.385. The third-order valence-corrected chi connectivity index (χ3v) is 3.65. The fourth-order valence-corrected chi connectivity index (χ4v) is 2.36. The van der Waals surface area contributed by atoms with Gasteiger partial charge in [-0.25, -0.2) is 0 Å². The van der Waals surface area contributed by atoms with E-state index in [4.69, 9.17) is 4.74 Å². The molecule has 20 heavy (non-hydrogen) atoms. The lowest BCUT2D eigenvalue weighted by atomic mass is 10.1. The highest BCUT2D eigenvalue weighted by Crippen LogP contribution is 2.22. The van der Waals surface area contributed by atoms with Gasteiger partial charge in [0.2, 0.25) is 0 Å². The van der Waals surface area contributed by atoms with Gasteiger partial charge in [-0.15, -0.1) is 0 Å². The molecule has 0 heterocycles. The molecule has 1 aromatic carbocycles. The van der Waals surface area contributed by atoms with Crippen molar-refractivity contribution in [2.24, 2.45) is 0 Å². The summed E-state index contributed by atoms with van der Waals surface area (Å²) in [6, 6.07) is 8.74. The van der Waals surface area contributed by atoms with Gasteiger partial charge in [0, 0.05) is 12.6 Å². The first-order valence-electron chi connectivity index (χ1n) is 7.70. The lowest BCUT2D eigenvalue weighted by Gasteiger charge is -2.25. The normalized spacial score (nSPS) is 12.7. The van der Waals surface area contributed by atoms with E-state index in [1.54, 1.807) is 7.11 Å². The van der Waals surface area contributed by atoms with E-state index < -0.39 is 0 Å². The molecule has 0 spiro atoms. The monoisotopic (exact) mass is 278 g/mol. The van der Waals surface area contributed by atoms with Crippen molar-refractivity contribution in [2.45, 2.75) is 38.6 Å². The smallest absolute Gasteiger partial charge is 0.119 e. The molecule has 0 bridgehead atoms. The molecule has 1 N–H and O–H groups in total. The first-order chi connectivity index (χ1) is 9.69. The Kier molecular flexibility index (Phi) is 8.31. The third kappa shape index (κ3) is 5.93. The first kappa shape index (κ1) is 17.0. The zero-order valence-corrected chi connectivity index (χ0v) is 13.5. The zero-order valence-electron chi connectivity index (χ0n) is 13.5. The van der Waals surface area contributed by atoms with Crippen molar-refractivity contribution in [3.63, 3.8) is 0 Å². The van der Waals surface area contributed by atoms with E-state index in [1.807, 2.05) is 6.07 Å². The van der Waals surface area contributed by atoms with E-state index in [0.29, 0.717) is 6.04 Å². The minimum absolute atomic E-state index is 0.385. The van der Waals surface area contributed by atoms with E-state index in [0.717, 1.165) is 18.8 Å². The van der Waals surface area contributed by atoms with Gasteiger partial charge in [-0.05, 0) is 44.8 Å². The Morgan fingerprint density at radius 3 is 2.65 bits per heavy atom. The molecule has 1 unspecified atom stereocenters. The van der Waals surface area contributed by atoms with Crippen LogP contribution in [0.15, 0.2) is 24.3 Å². The summed E-state index contributed by atoms with van der Waals surface area (Å²) in [5.41, 5.74) is 1.30. The van der Waals surface area contributed by atoms with Gasteiger partial charge in [-0.1, -0.05) is 38.3 Å². The molecule has 1 aromatic rings. The maximum Gasteiger partial charge on any atom is 0.119 e. The number of hydrogen-bond acceptors (Lipinski definition) is 3. The average Bonchev–Trinajstić information content (AvgIpc) is 2.46. The van der Waals surface area contributed by atoms with Crippen molar-refractivity contribution in [1.29, 1.82) is 0 Å². The first-order valence-corrected chi connectivity index (χ1v) is 7.70. The molecular weight excluding hydrogens is 248 g/mol. The molecule has 1 atom stereocenters. The summed E-state index contributed by atoms with van der Waals surface area (Å²) < 4.78 is 5.32. The van der Waals surface area contributed by atoms with Gasteiger partial charge in [-0.3, -0.25) is 0 Å². The molecule has 0 aliphatic rings. The van der Waals surface area contributed by atoms with Crippen LogP contribution in [0.25, 0.3) is 0 Å².